The second-order valence-electron chi connectivity index (χ2n) is 7.19. The van der Waals surface area contributed by atoms with E-state index in [1.54, 1.807) is 0 Å². The zero-order valence-corrected chi connectivity index (χ0v) is 14.7. The van der Waals surface area contributed by atoms with Crippen LogP contribution in [-0.4, -0.2) is 61.3 Å². The van der Waals surface area contributed by atoms with Crippen LogP contribution < -0.4 is 0 Å². The molecule has 0 bridgehead atoms. The Morgan fingerprint density at radius 1 is 1.19 bits per heavy atom. The molecular weight excluding hydrogens is 260 g/mol. The van der Waals surface area contributed by atoms with Crippen molar-refractivity contribution in [3.8, 4) is 0 Å². The molecule has 2 rings (SSSR count). The molecule has 124 valence electrons. The van der Waals surface area contributed by atoms with Gasteiger partial charge in [0.05, 0.1) is 6.10 Å². The Bertz CT molecular complexity index is 283. The van der Waals surface area contributed by atoms with E-state index in [1.165, 1.54) is 64.7 Å². The van der Waals surface area contributed by atoms with E-state index in [-0.39, 0.29) is 0 Å². The zero-order chi connectivity index (χ0) is 15.2. The molecule has 21 heavy (non-hydrogen) atoms. The first kappa shape index (κ1) is 17.2. The van der Waals surface area contributed by atoms with Gasteiger partial charge in [-0.15, -0.1) is 0 Å². The van der Waals surface area contributed by atoms with Crippen molar-refractivity contribution in [1.82, 2.24) is 9.80 Å². The third-order valence-electron chi connectivity index (χ3n) is 5.80. The summed E-state index contributed by atoms with van der Waals surface area (Å²) in [6.45, 7) is 12.2. The maximum atomic E-state index is 5.43. The summed E-state index contributed by atoms with van der Waals surface area (Å²) in [5.41, 5.74) is 0. The first-order valence-electron chi connectivity index (χ1n) is 9.18. The molecule has 1 aliphatic heterocycles. The van der Waals surface area contributed by atoms with Crippen molar-refractivity contribution in [2.24, 2.45) is 5.92 Å². The first-order chi connectivity index (χ1) is 10.2. The van der Waals surface area contributed by atoms with E-state index in [0.717, 1.165) is 18.0 Å². The molecule has 0 radical (unpaired) electrons. The summed E-state index contributed by atoms with van der Waals surface area (Å²) in [5, 5.41) is 0. The number of methoxy groups -OCH3 is 1. The minimum absolute atomic E-state index is 0.529. The Hall–Kier alpha value is -0.120. The normalized spacial score (nSPS) is 29.6. The smallest absolute Gasteiger partial charge is 0.0601 e. The number of rotatable bonds is 8. The lowest BCUT2D eigenvalue weighted by molar-refractivity contribution is -0.0328. The van der Waals surface area contributed by atoms with Crippen LogP contribution in [0.3, 0.4) is 0 Å². The summed E-state index contributed by atoms with van der Waals surface area (Å²) in [6, 6.07) is 1.57. The van der Waals surface area contributed by atoms with Crippen LogP contribution in [-0.2, 0) is 4.74 Å². The van der Waals surface area contributed by atoms with Gasteiger partial charge in [-0.1, -0.05) is 20.3 Å². The zero-order valence-electron chi connectivity index (χ0n) is 14.7. The minimum Gasteiger partial charge on any atom is -0.381 e. The molecule has 1 unspecified atom stereocenters. The highest BCUT2D eigenvalue weighted by atomic mass is 16.5. The van der Waals surface area contributed by atoms with E-state index >= 15 is 0 Å². The van der Waals surface area contributed by atoms with Crippen LogP contribution in [0.1, 0.15) is 59.3 Å². The Morgan fingerprint density at radius 2 is 1.86 bits per heavy atom. The molecule has 0 aromatic heterocycles. The van der Waals surface area contributed by atoms with E-state index in [2.05, 4.69) is 30.6 Å². The molecule has 1 atom stereocenters. The summed E-state index contributed by atoms with van der Waals surface area (Å²) in [4.78, 5) is 5.42. The molecule has 0 spiro atoms. The third kappa shape index (κ3) is 4.67. The summed E-state index contributed by atoms with van der Waals surface area (Å²) < 4.78 is 5.43. The summed E-state index contributed by atoms with van der Waals surface area (Å²) >= 11 is 0. The SMILES string of the molecule is CCCC(C)N1CCC(CN(CC)C2CC(OC)C2)CC1. The quantitative estimate of drug-likeness (QED) is 0.683. The summed E-state index contributed by atoms with van der Waals surface area (Å²) in [5.74, 6) is 0.914. The van der Waals surface area contributed by atoms with Gasteiger partial charge in [-0.2, -0.15) is 0 Å². The van der Waals surface area contributed by atoms with Gasteiger partial charge in [-0.3, -0.25) is 0 Å². The number of hydrogen-bond acceptors (Lipinski definition) is 3. The largest absolute Gasteiger partial charge is 0.381 e. The Balaban J connectivity index is 1.70. The monoisotopic (exact) mass is 296 g/mol. The average Bonchev–Trinajstić information content (AvgIpc) is 2.46. The van der Waals surface area contributed by atoms with Gasteiger partial charge in [0.1, 0.15) is 0 Å². The van der Waals surface area contributed by atoms with Crippen molar-refractivity contribution < 1.29 is 4.74 Å². The van der Waals surface area contributed by atoms with Gasteiger partial charge in [0.15, 0.2) is 0 Å². The van der Waals surface area contributed by atoms with Crippen LogP contribution in [0, 0.1) is 5.92 Å². The second kappa shape index (κ2) is 8.50. The number of nitrogens with zero attached hydrogens (tertiary/aromatic N) is 2. The van der Waals surface area contributed by atoms with Crippen molar-refractivity contribution in [1.29, 1.82) is 0 Å². The van der Waals surface area contributed by atoms with Gasteiger partial charge in [0.2, 0.25) is 0 Å². The molecular formula is C18H36N2O. The summed E-state index contributed by atoms with van der Waals surface area (Å²) in [6.07, 6.45) is 8.48. The Labute approximate surface area is 132 Å². The highest BCUT2D eigenvalue weighted by Gasteiger charge is 2.34. The van der Waals surface area contributed by atoms with Gasteiger partial charge in [-0.05, 0) is 64.6 Å². The van der Waals surface area contributed by atoms with Crippen LogP contribution in [0.5, 0.6) is 0 Å². The van der Waals surface area contributed by atoms with E-state index in [0.29, 0.717) is 6.10 Å². The summed E-state index contributed by atoms with van der Waals surface area (Å²) in [7, 11) is 1.85. The third-order valence-corrected chi connectivity index (χ3v) is 5.80. The van der Waals surface area contributed by atoms with Crippen molar-refractivity contribution in [2.75, 3.05) is 33.3 Å². The first-order valence-corrected chi connectivity index (χ1v) is 9.18. The van der Waals surface area contributed by atoms with E-state index in [9.17, 15) is 0 Å². The molecule has 0 amide bonds. The van der Waals surface area contributed by atoms with Gasteiger partial charge < -0.3 is 14.5 Å². The maximum absolute atomic E-state index is 5.43. The van der Waals surface area contributed by atoms with Gasteiger partial charge in [-0.25, -0.2) is 0 Å². The Morgan fingerprint density at radius 3 is 2.38 bits per heavy atom. The van der Waals surface area contributed by atoms with Crippen LogP contribution in [0.15, 0.2) is 0 Å². The van der Waals surface area contributed by atoms with E-state index in [1.807, 2.05) is 7.11 Å². The molecule has 1 aliphatic carbocycles. The fourth-order valence-electron chi connectivity index (χ4n) is 4.07. The number of hydrogen-bond donors (Lipinski definition) is 0. The molecule has 3 heteroatoms. The fraction of sp³-hybridized carbons (Fsp3) is 1.00. The molecule has 0 aromatic carbocycles. The predicted octanol–water partition coefficient (Wildman–Crippen LogP) is 3.39. The Kier molecular flexibility index (Phi) is 6.97. The molecule has 1 saturated heterocycles. The molecule has 2 fully saturated rings. The standard InChI is InChI=1S/C18H36N2O/c1-5-7-15(3)20-10-8-16(9-11-20)14-19(6-2)17-12-18(13-17)21-4/h15-18H,5-14H2,1-4H3. The molecule has 2 aliphatic rings. The molecule has 3 nitrogen and oxygen atoms in total. The second-order valence-corrected chi connectivity index (χ2v) is 7.19. The molecule has 0 aromatic rings. The van der Waals surface area contributed by atoms with E-state index < -0.39 is 0 Å². The molecule has 0 N–H and O–H groups in total. The number of ether oxygens (including phenoxy) is 1. The van der Waals surface area contributed by atoms with E-state index in [4.69, 9.17) is 4.74 Å². The number of likely N-dealkylation sites (tertiary alicyclic amines) is 1. The highest BCUT2D eigenvalue weighted by Crippen LogP contribution is 2.30. The van der Waals surface area contributed by atoms with Crippen LogP contribution in [0.2, 0.25) is 0 Å². The lowest BCUT2D eigenvalue weighted by atomic mass is 9.86. The molecule has 1 saturated carbocycles. The van der Waals surface area contributed by atoms with Gasteiger partial charge >= 0.3 is 0 Å². The number of piperidine rings is 1. The predicted molar refractivity (Wildman–Crippen MR) is 89.7 cm³/mol. The van der Waals surface area contributed by atoms with Crippen LogP contribution in [0.4, 0.5) is 0 Å². The van der Waals surface area contributed by atoms with Crippen molar-refractivity contribution >= 4 is 0 Å². The lowest BCUT2D eigenvalue weighted by Gasteiger charge is -2.44. The maximum Gasteiger partial charge on any atom is 0.0601 e. The lowest BCUT2D eigenvalue weighted by Crippen LogP contribution is -2.50. The van der Waals surface area contributed by atoms with Crippen molar-refractivity contribution in [3.05, 3.63) is 0 Å². The minimum atomic E-state index is 0.529. The average molecular weight is 296 g/mol. The fourth-order valence-corrected chi connectivity index (χ4v) is 4.07. The van der Waals surface area contributed by atoms with Gasteiger partial charge in [0.25, 0.3) is 0 Å². The van der Waals surface area contributed by atoms with Crippen LogP contribution in [0.25, 0.3) is 0 Å². The van der Waals surface area contributed by atoms with Gasteiger partial charge in [0, 0.05) is 25.7 Å². The van der Waals surface area contributed by atoms with Crippen molar-refractivity contribution in [2.45, 2.75) is 77.5 Å². The highest BCUT2D eigenvalue weighted by molar-refractivity contribution is 4.89. The van der Waals surface area contributed by atoms with Crippen LogP contribution >= 0.6 is 0 Å². The molecule has 1 heterocycles. The van der Waals surface area contributed by atoms with Crippen molar-refractivity contribution in [3.63, 3.8) is 0 Å². The topological polar surface area (TPSA) is 15.7 Å².